The Morgan fingerprint density at radius 2 is 1.67 bits per heavy atom. The molecule has 0 amide bonds. The summed E-state index contributed by atoms with van der Waals surface area (Å²) in [6, 6.07) is 26.2. The second-order valence-corrected chi connectivity index (χ2v) is 11.0. The van der Waals surface area contributed by atoms with Gasteiger partial charge in [-0.25, -0.2) is 14.6 Å². The van der Waals surface area contributed by atoms with Gasteiger partial charge < -0.3 is 18.6 Å². The fourth-order valence-electron chi connectivity index (χ4n) is 5.23. The molecule has 10 heteroatoms. The van der Waals surface area contributed by atoms with Crippen molar-refractivity contribution in [3.05, 3.63) is 139 Å². The molecule has 0 N–H and O–H groups in total. The molecule has 9 nitrogen and oxygen atoms in total. The van der Waals surface area contributed by atoms with Gasteiger partial charge in [0, 0.05) is 17.2 Å². The molecule has 226 valence electrons. The fourth-order valence-corrected chi connectivity index (χ4v) is 6.21. The van der Waals surface area contributed by atoms with Crippen LogP contribution in [0, 0.1) is 0 Å². The van der Waals surface area contributed by atoms with E-state index in [-0.39, 0.29) is 17.7 Å². The van der Waals surface area contributed by atoms with Gasteiger partial charge in [0.1, 0.15) is 17.3 Å². The van der Waals surface area contributed by atoms with Gasteiger partial charge in [-0.15, -0.1) is 0 Å². The third-order valence-electron chi connectivity index (χ3n) is 7.30. The van der Waals surface area contributed by atoms with Gasteiger partial charge in [0.25, 0.3) is 5.56 Å². The zero-order chi connectivity index (χ0) is 31.5. The van der Waals surface area contributed by atoms with E-state index in [2.05, 4.69) is 0 Å². The van der Waals surface area contributed by atoms with Gasteiger partial charge in [-0.3, -0.25) is 9.36 Å². The summed E-state index contributed by atoms with van der Waals surface area (Å²) in [4.78, 5) is 45.3. The number of rotatable bonds is 8. The molecule has 0 saturated heterocycles. The minimum absolute atomic E-state index is 0.157. The second-order valence-electron chi connectivity index (χ2n) is 9.94. The van der Waals surface area contributed by atoms with Crippen molar-refractivity contribution in [2.45, 2.75) is 13.0 Å². The molecular weight excluding hydrogens is 592 g/mol. The predicted octanol–water partition coefficient (Wildman–Crippen LogP) is 4.99. The number of carbonyl (C=O) groups is 2. The van der Waals surface area contributed by atoms with Crippen LogP contribution in [0.3, 0.4) is 0 Å². The van der Waals surface area contributed by atoms with Crippen LogP contribution in [-0.2, 0) is 14.3 Å². The zero-order valence-electron chi connectivity index (χ0n) is 24.7. The molecule has 1 unspecified atom stereocenters. The Balaban J connectivity index is 1.54. The summed E-state index contributed by atoms with van der Waals surface area (Å²) in [6.45, 7) is 1.89. The molecule has 0 aliphatic carbocycles. The summed E-state index contributed by atoms with van der Waals surface area (Å²) in [7, 11) is 2.89. The molecule has 0 bridgehead atoms. The highest BCUT2D eigenvalue weighted by molar-refractivity contribution is 7.07. The minimum Gasteiger partial charge on any atom is -0.497 e. The highest BCUT2D eigenvalue weighted by Gasteiger charge is 2.35. The van der Waals surface area contributed by atoms with Crippen LogP contribution < -0.4 is 19.6 Å². The van der Waals surface area contributed by atoms with Crippen molar-refractivity contribution in [3.8, 4) is 17.1 Å². The summed E-state index contributed by atoms with van der Waals surface area (Å²) in [5.74, 6) is 0.446. The quantitative estimate of drug-likeness (QED) is 0.225. The number of methoxy groups -OCH3 is 2. The molecule has 0 fully saturated rings. The number of hydrogen-bond donors (Lipinski definition) is 0. The minimum atomic E-state index is -0.817. The summed E-state index contributed by atoms with van der Waals surface area (Å²) in [5.41, 5.74) is 2.68. The van der Waals surface area contributed by atoms with E-state index in [1.54, 1.807) is 68.6 Å². The first-order valence-electron chi connectivity index (χ1n) is 14.1. The van der Waals surface area contributed by atoms with Gasteiger partial charge in [-0.05, 0) is 42.8 Å². The molecule has 6 rings (SSSR count). The highest BCUT2D eigenvalue weighted by atomic mass is 32.1. The first kappa shape index (κ1) is 29.6. The topological polar surface area (TPSA) is 109 Å². The molecule has 1 aliphatic heterocycles. The molecule has 5 aromatic rings. The van der Waals surface area contributed by atoms with Crippen molar-refractivity contribution in [1.29, 1.82) is 0 Å². The summed E-state index contributed by atoms with van der Waals surface area (Å²) in [6.07, 6.45) is 1.63. The van der Waals surface area contributed by atoms with Gasteiger partial charge in [-0.1, -0.05) is 72.0 Å². The van der Waals surface area contributed by atoms with Crippen LogP contribution in [-0.4, -0.2) is 37.3 Å². The Morgan fingerprint density at radius 1 is 0.933 bits per heavy atom. The van der Waals surface area contributed by atoms with Crippen molar-refractivity contribution in [3.63, 3.8) is 0 Å². The van der Waals surface area contributed by atoms with Gasteiger partial charge in [-0.2, -0.15) is 0 Å². The van der Waals surface area contributed by atoms with Gasteiger partial charge in [0.2, 0.25) is 0 Å². The van der Waals surface area contributed by atoms with E-state index in [1.807, 2.05) is 42.5 Å². The molecule has 0 spiro atoms. The molecule has 1 atom stereocenters. The largest absolute Gasteiger partial charge is 0.497 e. The maximum Gasteiger partial charge on any atom is 0.338 e. The van der Waals surface area contributed by atoms with E-state index in [0.717, 1.165) is 5.56 Å². The lowest BCUT2D eigenvalue weighted by Crippen LogP contribution is -2.40. The lowest BCUT2D eigenvalue weighted by molar-refractivity contribution is -0.138. The molecule has 3 heterocycles. The second kappa shape index (κ2) is 12.6. The first-order chi connectivity index (χ1) is 21.9. The molecule has 45 heavy (non-hydrogen) atoms. The lowest BCUT2D eigenvalue weighted by Gasteiger charge is -2.26. The van der Waals surface area contributed by atoms with E-state index in [9.17, 15) is 14.4 Å². The molecule has 2 aromatic heterocycles. The number of benzene rings is 3. The Hall–Kier alpha value is -5.48. The van der Waals surface area contributed by atoms with Crippen LogP contribution >= 0.6 is 11.3 Å². The SMILES string of the molecule is CCOC(=O)C1=C(c2ccccc2)N=c2s/c(=C/c3ccc(-c4ccccc4C(=O)OC)o3)c(=O)n2C1c1ccc(OC)cc1. The molecular formula is C35H28N2O7S. The Labute approximate surface area is 262 Å². The van der Waals surface area contributed by atoms with Crippen LogP contribution in [0.2, 0.25) is 0 Å². The monoisotopic (exact) mass is 620 g/mol. The predicted molar refractivity (Wildman–Crippen MR) is 170 cm³/mol. The van der Waals surface area contributed by atoms with Crippen molar-refractivity contribution >= 4 is 35.0 Å². The van der Waals surface area contributed by atoms with Crippen molar-refractivity contribution in [2.24, 2.45) is 4.99 Å². The number of fused-ring (bicyclic) bond motifs is 1. The number of nitrogens with zero attached hydrogens (tertiary/aromatic N) is 2. The van der Waals surface area contributed by atoms with Crippen LogP contribution in [0.15, 0.2) is 111 Å². The van der Waals surface area contributed by atoms with E-state index in [1.165, 1.54) is 23.0 Å². The summed E-state index contributed by atoms with van der Waals surface area (Å²) in [5, 5.41) is 0. The molecule has 0 saturated carbocycles. The third kappa shape index (κ3) is 5.63. The van der Waals surface area contributed by atoms with Crippen LogP contribution in [0.1, 0.15) is 40.2 Å². The molecule has 3 aromatic carbocycles. The lowest BCUT2D eigenvalue weighted by atomic mass is 9.93. The smallest absolute Gasteiger partial charge is 0.338 e. The molecule has 1 aliphatic rings. The van der Waals surface area contributed by atoms with Crippen molar-refractivity contribution in [2.75, 3.05) is 20.8 Å². The van der Waals surface area contributed by atoms with Crippen LogP contribution in [0.25, 0.3) is 23.1 Å². The van der Waals surface area contributed by atoms with E-state index < -0.39 is 18.0 Å². The van der Waals surface area contributed by atoms with Crippen molar-refractivity contribution in [1.82, 2.24) is 4.57 Å². The maximum absolute atomic E-state index is 14.1. The first-order valence-corrected chi connectivity index (χ1v) is 14.9. The Kier molecular flexibility index (Phi) is 8.30. The van der Waals surface area contributed by atoms with E-state index >= 15 is 0 Å². The summed E-state index contributed by atoms with van der Waals surface area (Å²) < 4.78 is 23.7. The highest BCUT2D eigenvalue weighted by Crippen LogP contribution is 2.36. The number of aromatic nitrogens is 1. The van der Waals surface area contributed by atoms with E-state index in [4.69, 9.17) is 23.6 Å². The maximum atomic E-state index is 14.1. The number of hydrogen-bond acceptors (Lipinski definition) is 9. The van der Waals surface area contributed by atoms with Gasteiger partial charge in [0.05, 0.1) is 48.2 Å². The number of esters is 2. The average molecular weight is 621 g/mol. The number of furan rings is 1. The third-order valence-corrected chi connectivity index (χ3v) is 8.29. The van der Waals surface area contributed by atoms with Gasteiger partial charge in [0.15, 0.2) is 4.80 Å². The molecule has 0 radical (unpaired) electrons. The fraction of sp³-hybridized carbons (Fsp3) is 0.143. The normalized spacial score (nSPS) is 14.5. The number of ether oxygens (including phenoxy) is 3. The number of thiazole rings is 1. The number of carbonyl (C=O) groups excluding carboxylic acids is 2. The Bertz CT molecular complexity index is 2110. The van der Waals surface area contributed by atoms with Crippen LogP contribution in [0.4, 0.5) is 0 Å². The van der Waals surface area contributed by atoms with E-state index in [0.29, 0.717) is 49.0 Å². The standard InChI is InChI=1S/C35H28N2O7S/c1-4-43-34(40)29-30(21-10-6-5-7-11-21)36-35-37(31(29)22-14-16-23(41-2)17-15-22)32(38)28(45-35)20-24-18-19-27(44-24)25-12-8-9-13-26(25)33(39)42-3/h5-20,31H,4H2,1-3H3/b28-20+. The summed E-state index contributed by atoms with van der Waals surface area (Å²) >= 11 is 1.19. The average Bonchev–Trinajstić information content (AvgIpc) is 3.68. The Morgan fingerprint density at radius 3 is 2.38 bits per heavy atom. The van der Waals surface area contributed by atoms with Gasteiger partial charge >= 0.3 is 11.9 Å². The van der Waals surface area contributed by atoms with Crippen molar-refractivity contribution < 1.29 is 28.2 Å². The zero-order valence-corrected chi connectivity index (χ0v) is 25.5. The van der Waals surface area contributed by atoms with Crippen LogP contribution in [0.5, 0.6) is 5.75 Å².